The highest BCUT2D eigenvalue weighted by molar-refractivity contribution is 5.84. The summed E-state index contributed by atoms with van der Waals surface area (Å²) >= 11 is 0. The van der Waals surface area contributed by atoms with Gasteiger partial charge < -0.3 is 15.3 Å². The van der Waals surface area contributed by atoms with E-state index in [4.69, 9.17) is 15.3 Å². The summed E-state index contributed by atoms with van der Waals surface area (Å²) in [5.74, 6) is 0.474. The first-order valence-electron chi connectivity index (χ1n) is 7.41. The zero-order valence-corrected chi connectivity index (χ0v) is 13.0. The van der Waals surface area contributed by atoms with E-state index in [0.29, 0.717) is 22.6 Å². The van der Waals surface area contributed by atoms with Gasteiger partial charge in [0.25, 0.3) is 0 Å². The molecule has 0 radical (unpaired) electrons. The molecule has 0 bridgehead atoms. The molecule has 0 fully saturated rings. The number of amides is 2. The highest BCUT2D eigenvalue weighted by Gasteiger charge is 2.36. The van der Waals surface area contributed by atoms with E-state index in [1.54, 1.807) is 31.2 Å². The van der Waals surface area contributed by atoms with Crippen molar-refractivity contribution < 1.29 is 19.2 Å². The lowest BCUT2D eigenvalue weighted by molar-refractivity contribution is -0.176. The van der Waals surface area contributed by atoms with Gasteiger partial charge in [-0.25, -0.2) is 9.59 Å². The van der Waals surface area contributed by atoms with Crippen molar-refractivity contribution in [2.45, 2.75) is 13.0 Å². The van der Waals surface area contributed by atoms with Crippen LogP contribution in [-0.4, -0.2) is 17.1 Å². The number of urea groups is 1. The maximum absolute atomic E-state index is 12.0. The number of para-hydroxylation sites is 2. The summed E-state index contributed by atoms with van der Waals surface area (Å²) < 4.78 is 5.86. The maximum atomic E-state index is 12.0. The van der Waals surface area contributed by atoms with Gasteiger partial charge in [0.05, 0.1) is 0 Å². The Bertz CT molecular complexity index is 771. The molecule has 0 aromatic heterocycles. The highest BCUT2D eigenvalue weighted by atomic mass is 16.7. The Morgan fingerprint density at radius 1 is 1.08 bits per heavy atom. The van der Waals surface area contributed by atoms with Gasteiger partial charge in [-0.3, -0.25) is 0 Å². The van der Waals surface area contributed by atoms with Gasteiger partial charge in [-0.2, -0.15) is 0 Å². The van der Waals surface area contributed by atoms with E-state index in [1.807, 2.05) is 24.3 Å². The fourth-order valence-corrected chi connectivity index (χ4v) is 2.63. The van der Waals surface area contributed by atoms with Crippen molar-refractivity contribution in [1.29, 1.82) is 0 Å². The molecule has 2 N–H and O–H groups in total. The fraction of sp³-hybridized carbons (Fsp3) is 0.111. The lowest BCUT2D eigenvalue weighted by atomic mass is 9.94. The molecular formula is C18H16N2O4. The van der Waals surface area contributed by atoms with Crippen LogP contribution in [0.15, 0.2) is 60.7 Å². The number of rotatable bonds is 2. The molecule has 1 aliphatic heterocycles. The molecule has 0 aliphatic carbocycles. The predicted molar refractivity (Wildman–Crippen MR) is 87.1 cm³/mol. The number of carbonyl (C=O) groups is 2. The van der Waals surface area contributed by atoms with Gasteiger partial charge in [0.1, 0.15) is 17.5 Å². The van der Waals surface area contributed by atoms with Crippen LogP contribution in [0.5, 0.6) is 11.5 Å². The number of hydrogen-bond donors (Lipinski definition) is 1. The average molecular weight is 324 g/mol. The zero-order chi connectivity index (χ0) is 17.1. The van der Waals surface area contributed by atoms with Crippen molar-refractivity contribution in [2.24, 2.45) is 5.73 Å². The van der Waals surface area contributed by atoms with Gasteiger partial charge >= 0.3 is 12.0 Å². The van der Waals surface area contributed by atoms with Gasteiger partial charge in [0, 0.05) is 17.2 Å². The Kier molecular flexibility index (Phi) is 4.20. The van der Waals surface area contributed by atoms with Crippen molar-refractivity contribution in [1.82, 2.24) is 5.06 Å². The molecule has 2 amide bonds. The molecule has 1 aliphatic rings. The molecule has 3 rings (SSSR count). The van der Waals surface area contributed by atoms with Crippen LogP contribution in [0.4, 0.5) is 4.79 Å². The first-order chi connectivity index (χ1) is 11.6. The number of ether oxygens (including phenoxy) is 1. The minimum Gasteiger partial charge on any atom is -0.457 e. The third-order valence-corrected chi connectivity index (χ3v) is 3.59. The van der Waals surface area contributed by atoms with Crippen LogP contribution in [-0.2, 0) is 9.63 Å². The quantitative estimate of drug-likeness (QED) is 0.679. The Balaban J connectivity index is 2.10. The van der Waals surface area contributed by atoms with Crippen LogP contribution in [0.25, 0.3) is 0 Å². The van der Waals surface area contributed by atoms with E-state index in [0.717, 1.165) is 5.06 Å². The molecular weight excluding hydrogens is 308 g/mol. The standard InChI is InChI=1S/C18H16N2O4/c1-2-7-16(21)24-20(18(19)22)17-12-8-3-5-10-14(12)23-15-11-6-4-9-13(15)17/h2-11,17H,1H3,(H2,19,22). The second-order valence-electron chi connectivity index (χ2n) is 5.15. The highest BCUT2D eigenvalue weighted by Crippen LogP contribution is 2.45. The van der Waals surface area contributed by atoms with Gasteiger partial charge in [-0.05, 0) is 19.1 Å². The fourth-order valence-electron chi connectivity index (χ4n) is 2.63. The first-order valence-corrected chi connectivity index (χ1v) is 7.41. The summed E-state index contributed by atoms with van der Waals surface area (Å²) in [5, 5.41) is 0.877. The van der Waals surface area contributed by atoms with Gasteiger partial charge in [0.15, 0.2) is 0 Å². The molecule has 24 heavy (non-hydrogen) atoms. The summed E-state index contributed by atoms with van der Waals surface area (Å²) in [7, 11) is 0. The number of hydrogen-bond acceptors (Lipinski definition) is 4. The van der Waals surface area contributed by atoms with E-state index in [-0.39, 0.29) is 0 Å². The lowest BCUT2D eigenvalue weighted by Crippen LogP contribution is -2.41. The third kappa shape index (κ3) is 2.81. The van der Waals surface area contributed by atoms with Crippen LogP contribution in [0.2, 0.25) is 0 Å². The summed E-state index contributed by atoms with van der Waals surface area (Å²) in [5.41, 5.74) is 6.84. The molecule has 6 heteroatoms. The Morgan fingerprint density at radius 3 is 2.12 bits per heavy atom. The number of nitrogens with zero attached hydrogens (tertiary/aromatic N) is 1. The minimum absolute atomic E-state index is 0.578. The first kappa shape index (κ1) is 15.6. The van der Waals surface area contributed by atoms with E-state index in [2.05, 4.69) is 0 Å². The number of benzene rings is 2. The molecule has 0 unspecified atom stereocenters. The van der Waals surface area contributed by atoms with Crippen molar-refractivity contribution in [2.75, 3.05) is 0 Å². The normalized spacial score (nSPS) is 12.9. The second-order valence-corrected chi connectivity index (χ2v) is 5.15. The Morgan fingerprint density at radius 2 is 1.62 bits per heavy atom. The summed E-state index contributed by atoms with van der Waals surface area (Å²) in [4.78, 5) is 29.0. The third-order valence-electron chi connectivity index (χ3n) is 3.59. The molecule has 0 saturated carbocycles. The lowest BCUT2D eigenvalue weighted by Gasteiger charge is -2.33. The monoisotopic (exact) mass is 324 g/mol. The molecule has 1 heterocycles. The van der Waals surface area contributed by atoms with Crippen LogP contribution >= 0.6 is 0 Å². The van der Waals surface area contributed by atoms with Crippen LogP contribution in [0.1, 0.15) is 24.1 Å². The number of nitrogens with two attached hydrogens (primary N) is 1. The minimum atomic E-state index is -0.871. The van der Waals surface area contributed by atoms with Gasteiger partial charge in [-0.15, -0.1) is 5.06 Å². The van der Waals surface area contributed by atoms with E-state index >= 15 is 0 Å². The van der Waals surface area contributed by atoms with Crippen molar-refractivity contribution in [3.63, 3.8) is 0 Å². The number of hydroxylamine groups is 2. The number of primary amides is 1. The molecule has 0 saturated heterocycles. The van der Waals surface area contributed by atoms with E-state index in [9.17, 15) is 9.59 Å². The molecule has 2 aromatic rings. The average Bonchev–Trinajstić information content (AvgIpc) is 2.58. The predicted octanol–water partition coefficient (Wildman–Crippen LogP) is 3.30. The smallest absolute Gasteiger partial charge is 0.355 e. The van der Waals surface area contributed by atoms with E-state index < -0.39 is 18.0 Å². The largest absolute Gasteiger partial charge is 0.457 e. The molecule has 0 atom stereocenters. The van der Waals surface area contributed by atoms with E-state index in [1.165, 1.54) is 12.2 Å². The number of carbonyl (C=O) groups excluding carboxylic acids is 2. The summed E-state index contributed by atoms with van der Waals surface area (Å²) in [6.45, 7) is 1.68. The maximum Gasteiger partial charge on any atom is 0.355 e. The molecule has 122 valence electrons. The number of allylic oxidation sites excluding steroid dienone is 1. The van der Waals surface area contributed by atoms with Crippen molar-refractivity contribution in [3.8, 4) is 11.5 Å². The molecule has 6 nitrogen and oxygen atoms in total. The zero-order valence-electron chi connectivity index (χ0n) is 13.0. The summed E-state index contributed by atoms with van der Waals surface area (Å²) in [6, 6.07) is 12.9. The van der Waals surface area contributed by atoms with Crippen LogP contribution in [0, 0.1) is 0 Å². The topological polar surface area (TPSA) is 81.9 Å². The van der Waals surface area contributed by atoms with Crippen LogP contribution in [0.3, 0.4) is 0 Å². The summed E-state index contributed by atoms with van der Waals surface area (Å²) in [6.07, 6.45) is 2.74. The second kappa shape index (κ2) is 6.45. The molecule has 0 spiro atoms. The van der Waals surface area contributed by atoms with Crippen molar-refractivity contribution in [3.05, 3.63) is 71.8 Å². The Labute approximate surface area is 139 Å². The Hall–Kier alpha value is -3.28. The van der Waals surface area contributed by atoms with Crippen molar-refractivity contribution >= 4 is 12.0 Å². The molecule has 2 aromatic carbocycles. The SMILES string of the molecule is CC=CC(=O)ON(C(N)=O)C1c2ccccc2Oc2ccccc21. The van der Waals surface area contributed by atoms with Gasteiger partial charge in [0.2, 0.25) is 0 Å². The van der Waals surface area contributed by atoms with Gasteiger partial charge in [-0.1, -0.05) is 42.5 Å². The van der Waals surface area contributed by atoms with Crippen LogP contribution < -0.4 is 10.5 Å². The number of fused-ring (bicyclic) bond motifs is 2.